The number of nitrogens with one attached hydrogen (secondary N) is 1. The van der Waals surface area contributed by atoms with Crippen molar-refractivity contribution >= 4 is 5.84 Å². The Bertz CT molecular complexity index is 380. The number of amidine groups is 1. The molecule has 0 aliphatic carbocycles. The molecule has 0 radical (unpaired) electrons. The third-order valence-electron chi connectivity index (χ3n) is 2.23. The van der Waals surface area contributed by atoms with Crippen LogP contribution >= 0.6 is 0 Å². The number of aromatic nitrogens is 1. The molecule has 0 bridgehead atoms. The molecule has 0 aromatic carbocycles. The first-order chi connectivity index (χ1) is 8.21. The number of hydrogen-bond donors (Lipinski definition) is 5. The van der Waals surface area contributed by atoms with Gasteiger partial charge in [-0.3, -0.25) is 4.98 Å². The zero-order chi connectivity index (χ0) is 12.7. The second kappa shape index (κ2) is 6.79. The number of aliphatic hydroxyl groups excluding tert-OH is 2. The van der Waals surface area contributed by atoms with E-state index < -0.39 is 0 Å². The number of hydrogen-bond acceptors (Lipinski definition) is 6. The zero-order valence-electron chi connectivity index (χ0n) is 9.24. The predicted molar refractivity (Wildman–Crippen MR) is 61.5 cm³/mol. The van der Waals surface area contributed by atoms with Gasteiger partial charge in [-0.05, 0) is 17.7 Å². The summed E-state index contributed by atoms with van der Waals surface area (Å²) in [5, 5.41) is 32.1. The minimum Gasteiger partial charge on any atom is -0.409 e. The van der Waals surface area contributed by atoms with Gasteiger partial charge in [-0.15, -0.1) is 0 Å². The lowest BCUT2D eigenvalue weighted by Gasteiger charge is -2.13. The van der Waals surface area contributed by atoms with E-state index in [0.717, 1.165) is 5.56 Å². The molecule has 0 atom stereocenters. The van der Waals surface area contributed by atoms with E-state index in [9.17, 15) is 0 Å². The van der Waals surface area contributed by atoms with Crippen molar-refractivity contribution in [2.75, 3.05) is 13.2 Å². The van der Waals surface area contributed by atoms with Crippen LogP contribution in [0.5, 0.6) is 0 Å². The van der Waals surface area contributed by atoms with Crippen LogP contribution in [0.15, 0.2) is 23.5 Å². The Morgan fingerprint density at radius 1 is 1.47 bits per heavy atom. The number of aliphatic hydroxyl groups is 2. The summed E-state index contributed by atoms with van der Waals surface area (Å²) in [6, 6.07) is 3.05. The van der Waals surface area contributed by atoms with Gasteiger partial charge in [0, 0.05) is 12.7 Å². The Labute approximate surface area is 98.6 Å². The molecular weight excluding hydrogens is 224 g/mol. The Morgan fingerprint density at radius 2 is 2.18 bits per heavy atom. The summed E-state index contributed by atoms with van der Waals surface area (Å²) in [5.41, 5.74) is 6.64. The van der Waals surface area contributed by atoms with Gasteiger partial charge in [-0.1, -0.05) is 5.16 Å². The van der Waals surface area contributed by atoms with Gasteiger partial charge in [0.2, 0.25) is 0 Å². The number of nitrogens with zero attached hydrogens (tertiary/aromatic N) is 2. The molecule has 6 N–H and O–H groups in total. The maximum absolute atomic E-state index is 8.88. The highest BCUT2D eigenvalue weighted by molar-refractivity contribution is 5.95. The van der Waals surface area contributed by atoms with E-state index in [-0.39, 0.29) is 25.1 Å². The second-order valence-electron chi connectivity index (χ2n) is 3.48. The number of oxime groups is 1. The van der Waals surface area contributed by atoms with E-state index in [1.807, 2.05) is 0 Å². The van der Waals surface area contributed by atoms with E-state index in [0.29, 0.717) is 12.2 Å². The van der Waals surface area contributed by atoms with Gasteiger partial charge in [0.05, 0.1) is 19.3 Å². The first kappa shape index (κ1) is 13.4. The maximum Gasteiger partial charge on any atom is 0.188 e. The summed E-state index contributed by atoms with van der Waals surface area (Å²) in [5.74, 6) is -0.0623. The molecule has 0 saturated carbocycles. The normalized spacial score (nSPS) is 12.1. The topological polar surface area (TPSA) is 124 Å². The molecule has 0 aliphatic heterocycles. The van der Waals surface area contributed by atoms with Crippen LogP contribution in [-0.4, -0.2) is 45.5 Å². The van der Waals surface area contributed by atoms with Crippen molar-refractivity contribution in [1.82, 2.24) is 10.3 Å². The number of nitrogens with two attached hydrogens (primary N) is 1. The molecule has 0 amide bonds. The molecular formula is C10H16N4O3. The average molecular weight is 240 g/mol. The molecule has 0 spiro atoms. The van der Waals surface area contributed by atoms with Crippen molar-refractivity contribution in [2.24, 2.45) is 10.9 Å². The van der Waals surface area contributed by atoms with Crippen LogP contribution in [0.3, 0.4) is 0 Å². The van der Waals surface area contributed by atoms with Crippen LogP contribution in [0, 0.1) is 0 Å². The van der Waals surface area contributed by atoms with E-state index in [1.54, 1.807) is 12.1 Å². The summed E-state index contributed by atoms with van der Waals surface area (Å²) in [4.78, 5) is 3.94. The molecule has 1 aromatic rings. The zero-order valence-corrected chi connectivity index (χ0v) is 9.24. The highest BCUT2D eigenvalue weighted by Gasteiger charge is 2.06. The third-order valence-corrected chi connectivity index (χ3v) is 2.23. The van der Waals surface area contributed by atoms with Gasteiger partial charge in [0.25, 0.3) is 0 Å². The maximum atomic E-state index is 8.88. The van der Waals surface area contributed by atoms with Gasteiger partial charge in [0.15, 0.2) is 5.84 Å². The molecule has 17 heavy (non-hydrogen) atoms. The van der Waals surface area contributed by atoms with Crippen molar-refractivity contribution < 1.29 is 15.4 Å². The van der Waals surface area contributed by atoms with Gasteiger partial charge in [-0.25, -0.2) is 0 Å². The first-order valence-corrected chi connectivity index (χ1v) is 5.09. The van der Waals surface area contributed by atoms with Crippen molar-refractivity contribution in [1.29, 1.82) is 0 Å². The van der Waals surface area contributed by atoms with E-state index >= 15 is 0 Å². The smallest absolute Gasteiger partial charge is 0.188 e. The molecule has 0 aliphatic rings. The van der Waals surface area contributed by atoms with Crippen molar-refractivity contribution in [2.45, 2.75) is 12.6 Å². The lowest BCUT2D eigenvalue weighted by Crippen LogP contribution is -2.35. The van der Waals surface area contributed by atoms with Crippen molar-refractivity contribution in [3.8, 4) is 0 Å². The van der Waals surface area contributed by atoms with Crippen LogP contribution < -0.4 is 11.1 Å². The lowest BCUT2D eigenvalue weighted by atomic mass is 10.2. The fourth-order valence-electron chi connectivity index (χ4n) is 1.22. The number of rotatable bonds is 6. The quantitative estimate of drug-likeness (QED) is 0.181. The monoisotopic (exact) mass is 240 g/mol. The van der Waals surface area contributed by atoms with Gasteiger partial charge >= 0.3 is 0 Å². The van der Waals surface area contributed by atoms with E-state index in [4.69, 9.17) is 21.2 Å². The van der Waals surface area contributed by atoms with Crippen LogP contribution in [-0.2, 0) is 6.54 Å². The minimum absolute atomic E-state index is 0.0623. The number of pyridine rings is 1. The summed E-state index contributed by atoms with van der Waals surface area (Å²) in [6.07, 6.45) is 1.54. The largest absolute Gasteiger partial charge is 0.409 e. The molecule has 1 aromatic heterocycles. The summed E-state index contributed by atoms with van der Waals surface area (Å²) in [7, 11) is 0. The lowest BCUT2D eigenvalue weighted by molar-refractivity contribution is 0.170. The Balaban J connectivity index is 2.66. The van der Waals surface area contributed by atoms with Crippen LogP contribution in [0.1, 0.15) is 11.3 Å². The Hall–Kier alpha value is -1.70. The Morgan fingerprint density at radius 3 is 2.76 bits per heavy atom. The molecule has 1 rings (SSSR count). The van der Waals surface area contributed by atoms with Gasteiger partial charge in [-0.2, -0.15) is 0 Å². The van der Waals surface area contributed by atoms with Gasteiger partial charge in [0.1, 0.15) is 5.69 Å². The SMILES string of the molecule is NC(=NO)c1cc(CNC(CO)CO)ccn1. The standard InChI is InChI=1S/C10H16N4O3/c11-10(14-17)9-3-7(1-2-12-9)4-13-8(5-15)6-16/h1-3,8,13,15-17H,4-6H2,(H2,11,14). The molecule has 0 fully saturated rings. The molecule has 94 valence electrons. The molecule has 7 nitrogen and oxygen atoms in total. The Kier molecular flexibility index (Phi) is 5.34. The summed E-state index contributed by atoms with van der Waals surface area (Å²) < 4.78 is 0. The van der Waals surface area contributed by atoms with Crippen LogP contribution in [0.2, 0.25) is 0 Å². The third kappa shape index (κ3) is 3.99. The molecule has 0 saturated heterocycles. The fraction of sp³-hybridized carbons (Fsp3) is 0.400. The van der Waals surface area contributed by atoms with Crippen molar-refractivity contribution in [3.63, 3.8) is 0 Å². The molecule has 1 heterocycles. The molecule has 0 unspecified atom stereocenters. The fourth-order valence-corrected chi connectivity index (χ4v) is 1.22. The predicted octanol–water partition coefficient (Wildman–Crippen LogP) is -1.38. The van der Waals surface area contributed by atoms with Crippen molar-refractivity contribution in [3.05, 3.63) is 29.6 Å². The summed E-state index contributed by atoms with van der Waals surface area (Å²) in [6.45, 7) is 0.156. The first-order valence-electron chi connectivity index (χ1n) is 5.09. The summed E-state index contributed by atoms with van der Waals surface area (Å²) >= 11 is 0. The van der Waals surface area contributed by atoms with Crippen LogP contribution in [0.4, 0.5) is 0 Å². The van der Waals surface area contributed by atoms with E-state index in [2.05, 4.69) is 15.5 Å². The minimum atomic E-state index is -0.365. The highest BCUT2D eigenvalue weighted by atomic mass is 16.4. The average Bonchev–Trinajstić information content (AvgIpc) is 2.39. The van der Waals surface area contributed by atoms with Gasteiger partial charge < -0.3 is 26.5 Å². The van der Waals surface area contributed by atoms with E-state index in [1.165, 1.54) is 6.20 Å². The van der Waals surface area contributed by atoms with Crippen LogP contribution in [0.25, 0.3) is 0 Å². The highest BCUT2D eigenvalue weighted by Crippen LogP contribution is 2.02. The second-order valence-corrected chi connectivity index (χ2v) is 3.48. The molecule has 7 heteroatoms.